The van der Waals surface area contributed by atoms with Crippen molar-refractivity contribution in [2.24, 2.45) is 0 Å². The van der Waals surface area contributed by atoms with Crippen LogP contribution in [0.25, 0.3) is 0 Å². The second-order valence-corrected chi connectivity index (χ2v) is 2.92. The Bertz CT molecular complexity index is 322. The molecule has 4 heteroatoms. The first-order valence-electron chi connectivity index (χ1n) is 4.28. The number of rotatable bonds is 4. The van der Waals surface area contributed by atoms with Gasteiger partial charge >= 0.3 is 0 Å². The molecule has 0 aromatic heterocycles. The molecule has 0 atom stereocenters. The zero-order chi connectivity index (χ0) is 10.4. The van der Waals surface area contributed by atoms with Gasteiger partial charge in [0.1, 0.15) is 5.78 Å². The predicted octanol–water partition coefficient (Wildman–Crippen LogP) is 1.11. The van der Waals surface area contributed by atoms with E-state index < -0.39 is 0 Å². The van der Waals surface area contributed by atoms with Crippen molar-refractivity contribution in [1.29, 1.82) is 0 Å². The molecular formula is C10H12N2O2. The summed E-state index contributed by atoms with van der Waals surface area (Å²) in [5.74, 6) is -0.487. The number of ketones is 1. The van der Waals surface area contributed by atoms with E-state index >= 15 is 0 Å². The smallest absolute Gasteiger partial charge is 0.245 e. The van der Waals surface area contributed by atoms with E-state index in [-0.39, 0.29) is 18.1 Å². The van der Waals surface area contributed by atoms with Crippen LogP contribution >= 0.6 is 0 Å². The largest absolute Gasteiger partial charge is 0.299 e. The fourth-order valence-electron chi connectivity index (χ4n) is 0.934. The molecule has 0 radical (unpaired) electrons. The van der Waals surface area contributed by atoms with Crippen molar-refractivity contribution in [3.05, 3.63) is 30.3 Å². The highest BCUT2D eigenvalue weighted by molar-refractivity contribution is 5.97. The van der Waals surface area contributed by atoms with E-state index in [0.29, 0.717) is 0 Å². The molecule has 14 heavy (non-hydrogen) atoms. The number of hydrogen-bond donors (Lipinski definition) is 2. The average Bonchev–Trinajstić information content (AvgIpc) is 2.15. The summed E-state index contributed by atoms with van der Waals surface area (Å²) in [5.41, 5.74) is 5.90. The highest BCUT2D eigenvalue weighted by Crippen LogP contribution is 2.02. The number of amides is 1. The third-order valence-corrected chi connectivity index (χ3v) is 1.53. The number of hydrazine groups is 1. The predicted molar refractivity (Wildman–Crippen MR) is 53.5 cm³/mol. The van der Waals surface area contributed by atoms with Crippen LogP contribution in [0.5, 0.6) is 0 Å². The molecule has 0 saturated heterocycles. The summed E-state index contributed by atoms with van der Waals surface area (Å²) in [6, 6.07) is 9.20. The summed E-state index contributed by atoms with van der Waals surface area (Å²) in [5, 5.41) is 0. The maximum absolute atomic E-state index is 11.0. The maximum atomic E-state index is 11.0. The summed E-state index contributed by atoms with van der Waals surface area (Å²) in [6.07, 6.45) is -0.0974. The van der Waals surface area contributed by atoms with Gasteiger partial charge in [0.05, 0.1) is 12.1 Å². The molecule has 0 saturated carbocycles. The van der Waals surface area contributed by atoms with Gasteiger partial charge < -0.3 is 0 Å². The Labute approximate surface area is 82.3 Å². The highest BCUT2D eigenvalue weighted by Gasteiger charge is 2.03. The van der Waals surface area contributed by atoms with Crippen molar-refractivity contribution in [2.75, 3.05) is 5.43 Å². The normalized spacial score (nSPS) is 9.21. The van der Waals surface area contributed by atoms with Crippen molar-refractivity contribution in [2.45, 2.75) is 13.3 Å². The van der Waals surface area contributed by atoms with Crippen LogP contribution in [0.1, 0.15) is 13.3 Å². The van der Waals surface area contributed by atoms with Gasteiger partial charge in [0.2, 0.25) is 5.91 Å². The van der Waals surface area contributed by atoms with E-state index in [1.54, 1.807) is 0 Å². The first-order chi connectivity index (χ1) is 6.68. The van der Waals surface area contributed by atoms with Gasteiger partial charge in [-0.1, -0.05) is 18.2 Å². The van der Waals surface area contributed by atoms with E-state index in [1.807, 2.05) is 30.3 Å². The van der Waals surface area contributed by atoms with E-state index in [0.717, 1.165) is 5.69 Å². The van der Waals surface area contributed by atoms with Gasteiger partial charge in [-0.2, -0.15) is 0 Å². The molecule has 4 nitrogen and oxygen atoms in total. The van der Waals surface area contributed by atoms with Gasteiger partial charge in [-0.15, -0.1) is 0 Å². The van der Waals surface area contributed by atoms with Crippen LogP contribution in [-0.2, 0) is 9.59 Å². The van der Waals surface area contributed by atoms with Crippen molar-refractivity contribution >= 4 is 17.4 Å². The van der Waals surface area contributed by atoms with Gasteiger partial charge in [0, 0.05) is 0 Å². The summed E-state index contributed by atoms with van der Waals surface area (Å²) >= 11 is 0. The number of carbonyl (C=O) groups is 2. The molecule has 1 rings (SSSR count). The van der Waals surface area contributed by atoms with E-state index in [4.69, 9.17) is 0 Å². The third-order valence-electron chi connectivity index (χ3n) is 1.53. The topological polar surface area (TPSA) is 58.2 Å². The number of carbonyl (C=O) groups excluding carboxylic acids is 2. The molecule has 0 heterocycles. The molecule has 0 aliphatic carbocycles. The second-order valence-electron chi connectivity index (χ2n) is 2.92. The summed E-state index contributed by atoms with van der Waals surface area (Å²) in [7, 11) is 0. The van der Waals surface area contributed by atoms with Crippen LogP contribution in [0.3, 0.4) is 0 Å². The van der Waals surface area contributed by atoms with Crippen LogP contribution in [0.15, 0.2) is 30.3 Å². The molecule has 74 valence electrons. The Kier molecular flexibility index (Phi) is 3.67. The standard InChI is InChI=1S/C10H12N2O2/c1-8(13)7-10(14)12-11-9-5-3-2-4-6-9/h2-6,11H,7H2,1H3,(H,12,14). The van der Waals surface area contributed by atoms with Crippen LogP contribution in [-0.4, -0.2) is 11.7 Å². The molecular weight excluding hydrogens is 180 g/mol. The minimum absolute atomic E-state index is 0.0974. The zero-order valence-corrected chi connectivity index (χ0v) is 7.91. The van der Waals surface area contributed by atoms with Crippen LogP contribution in [0.4, 0.5) is 5.69 Å². The Morgan fingerprint density at radius 3 is 2.43 bits per heavy atom. The number of nitrogens with one attached hydrogen (secondary N) is 2. The first kappa shape index (κ1) is 10.2. The summed E-state index contributed by atoms with van der Waals surface area (Å²) in [4.78, 5) is 21.6. The SMILES string of the molecule is CC(=O)CC(=O)NNc1ccccc1. The maximum Gasteiger partial charge on any atom is 0.245 e. The van der Waals surface area contributed by atoms with E-state index in [1.165, 1.54) is 6.92 Å². The summed E-state index contributed by atoms with van der Waals surface area (Å²) in [6.45, 7) is 1.38. The van der Waals surface area contributed by atoms with E-state index in [9.17, 15) is 9.59 Å². The quantitative estimate of drug-likeness (QED) is 0.555. The fraction of sp³-hybridized carbons (Fsp3) is 0.200. The van der Waals surface area contributed by atoms with Gasteiger partial charge in [-0.25, -0.2) is 0 Å². The lowest BCUT2D eigenvalue weighted by molar-refractivity contribution is -0.126. The van der Waals surface area contributed by atoms with Gasteiger partial charge in [-0.05, 0) is 19.1 Å². The number of anilines is 1. The van der Waals surface area contributed by atoms with Crippen molar-refractivity contribution in [3.8, 4) is 0 Å². The Morgan fingerprint density at radius 2 is 1.86 bits per heavy atom. The monoisotopic (exact) mass is 192 g/mol. The molecule has 1 amide bonds. The summed E-state index contributed by atoms with van der Waals surface area (Å²) < 4.78 is 0. The molecule has 0 aliphatic heterocycles. The first-order valence-corrected chi connectivity index (χ1v) is 4.28. The molecule has 0 fully saturated rings. The minimum Gasteiger partial charge on any atom is -0.299 e. The lowest BCUT2D eigenvalue weighted by Crippen LogP contribution is -2.30. The van der Waals surface area contributed by atoms with Crippen LogP contribution in [0, 0.1) is 0 Å². The number of benzene rings is 1. The van der Waals surface area contributed by atoms with Gasteiger partial charge in [0.15, 0.2) is 0 Å². The average molecular weight is 192 g/mol. The second kappa shape index (κ2) is 5.01. The molecule has 2 N–H and O–H groups in total. The van der Waals surface area contributed by atoms with Gasteiger partial charge in [0.25, 0.3) is 0 Å². The molecule has 0 bridgehead atoms. The molecule has 0 unspecified atom stereocenters. The number of para-hydroxylation sites is 1. The fourth-order valence-corrected chi connectivity index (χ4v) is 0.934. The minimum atomic E-state index is -0.332. The van der Waals surface area contributed by atoms with Crippen molar-refractivity contribution in [3.63, 3.8) is 0 Å². The van der Waals surface area contributed by atoms with Crippen LogP contribution in [0.2, 0.25) is 0 Å². The molecule has 0 aliphatic rings. The zero-order valence-electron chi connectivity index (χ0n) is 7.91. The van der Waals surface area contributed by atoms with Crippen molar-refractivity contribution in [1.82, 2.24) is 5.43 Å². The molecule has 0 spiro atoms. The lowest BCUT2D eigenvalue weighted by atomic mass is 10.3. The molecule has 1 aromatic carbocycles. The Balaban J connectivity index is 2.34. The van der Waals surface area contributed by atoms with Gasteiger partial charge in [-0.3, -0.25) is 20.4 Å². The van der Waals surface area contributed by atoms with Crippen LogP contribution < -0.4 is 10.9 Å². The Hall–Kier alpha value is -1.84. The highest BCUT2D eigenvalue weighted by atomic mass is 16.2. The van der Waals surface area contributed by atoms with E-state index in [2.05, 4.69) is 10.9 Å². The third kappa shape index (κ3) is 3.71. The number of Topliss-reactive ketones (excluding diaryl/α,β-unsaturated/α-hetero) is 1. The number of hydrogen-bond acceptors (Lipinski definition) is 3. The lowest BCUT2D eigenvalue weighted by Gasteiger charge is -2.06. The van der Waals surface area contributed by atoms with Crippen molar-refractivity contribution < 1.29 is 9.59 Å². The molecule has 1 aromatic rings. The Morgan fingerprint density at radius 1 is 1.21 bits per heavy atom.